The molecule has 0 saturated carbocycles. The average Bonchev–Trinajstić information content (AvgIpc) is 3.14. The Labute approximate surface area is 172 Å². The second-order valence-corrected chi connectivity index (χ2v) is 8.09. The van der Waals surface area contributed by atoms with Crippen molar-refractivity contribution in [1.82, 2.24) is 14.5 Å². The molecule has 2 amide bonds. The van der Waals surface area contributed by atoms with E-state index in [1.807, 2.05) is 44.2 Å². The number of imide groups is 1. The zero-order valence-electron chi connectivity index (χ0n) is 16.3. The molecule has 0 bridgehead atoms. The van der Waals surface area contributed by atoms with E-state index in [-0.39, 0.29) is 23.1 Å². The van der Waals surface area contributed by atoms with Crippen LogP contribution in [0.15, 0.2) is 52.4 Å². The molecule has 1 saturated heterocycles. The van der Waals surface area contributed by atoms with Gasteiger partial charge in [-0.3, -0.25) is 23.9 Å². The first-order valence-electron chi connectivity index (χ1n) is 9.51. The molecule has 0 unspecified atom stereocenters. The van der Waals surface area contributed by atoms with Crippen LogP contribution in [-0.2, 0) is 9.59 Å². The first-order valence-corrected chi connectivity index (χ1v) is 10.5. The summed E-state index contributed by atoms with van der Waals surface area (Å²) >= 11 is 1.19. The Morgan fingerprint density at radius 1 is 1.10 bits per heavy atom. The molecule has 1 fully saturated rings. The third-order valence-corrected chi connectivity index (χ3v) is 6.12. The fourth-order valence-electron chi connectivity index (χ4n) is 3.42. The highest BCUT2D eigenvalue weighted by Crippen LogP contribution is 2.23. The molecule has 4 rings (SSSR count). The average molecular weight is 407 g/mol. The number of carbonyl (C=O) groups is 2. The summed E-state index contributed by atoms with van der Waals surface area (Å²) < 4.78 is 1.55. The number of amides is 2. The maximum Gasteiger partial charge on any atom is 0.266 e. The van der Waals surface area contributed by atoms with Gasteiger partial charge in [0.15, 0.2) is 5.16 Å². The number of carbonyl (C=O) groups excluding carboxylic acids is 2. The molecule has 1 aromatic heterocycles. The molecule has 6 nitrogen and oxygen atoms in total. The number of likely N-dealkylation sites (tertiary alicyclic amines) is 1. The van der Waals surface area contributed by atoms with Gasteiger partial charge >= 0.3 is 0 Å². The van der Waals surface area contributed by atoms with Crippen molar-refractivity contribution in [2.75, 3.05) is 12.3 Å². The normalized spacial score (nSPS) is 14.0. The SMILES string of the molecule is Cc1ccc(-n2c(SCC(=O)N3CCCC3=O)nc3ccccc3c2=O)cc1C. The van der Waals surface area contributed by atoms with Crippen LogP contribution >= 0.6 is 11.8 Å². The van der Waals surface area contributed by atoms with Crippen molar-refractivity contribution >= 4 is 34.5 Å². The maximum absolute atomic E-state index is 13.3. The van der Waals surface area contributed by atoms with Crippen LogP contribution in [0.5, 0.6) is 0 Å². The number of aromatic nitrogens is 2. The van der Waals surface area contributed by atoms with Crippen LogP contribution in [0, 0.1) is 13.8 Å². The molecule has 2 heterocycles. The zero-order valence-corrected chi connectivity index (χ0v) is 17.2. The maximum atomic E-state index is 13.3. The second-order valence-electron chi connectivity index (χ2n) is 7.15. The minimum Gasteiger partial charge on any atom is -0.282 e. The molecule has 3 aromatic rings. The minimum absolute atomic E-state index is 0.0569. The van der Waals surface area contributed by atoms with Gasteiger partial charge in [-0.2, -0.15) is 0 Å². The fourth-order valence-corrected chi connectivity index (χ4v) is 4.31. The smallest absolute Gasteiger partial charge is 0.266 e. The van der Waals surface area contributed by atoms with Gasteiger partial charge in [-0.15, -0.1) is 0 Å². The van der Waals surface area contributed by atoms with Crippen molar-refractivity contribution in [3.63, 3.8) is 0 Å². The van der Waals surface area contributed by atoms with Crippen LogP contribution in [0.1, 0.15) is 24.0 Å². The number of rotatable bonds is 4. The highest BCUT2D eigenvalue weighted by molar-refractivity contribution is 7.99. The second kappa shape index (κ2) is 7.83. The molecule has 29 heavy (non-hydrogen) atoms. The van der Waals surface area contributed by atoms with Gasteiger partial charge in [0.1, 0.15) is 0 Å². The summed E-state index contributed by atoms with van der Waals surface area (Å²) in [6.45, 7) is 4.48. The van der Waals surface area contributed by atoms with E-state index >= 15 is 0 Å². The molecular formula is C22H21N3O3S. The van der Waals surface area contributed by atoms with E-state index in [4.69, 9.17) is 0 Å². The minimum atomic E-state index is -0.244. The van der Waals surface area contributed by atoms with Crippen molar-refractivity contribution in [1.29, 1.82) is 0 Å². The highest BCUT2D eigenvalue weighted by Gasteiger charge is 2.26. The van der Waals surface area contributed by atoms with E-state index in [0.717, 1.165) is 11.1 Å². The zero-order chi connectivity index (χ0) is 20.5. The van der Waals surface area contributed by atoms with E-state index < -0.39 is 0 Å². The van der Waals surface area contributed by atoms with E-state index in [1.54, 1.807) is 16.7 Å². The number of fused-ring (bicyclic) bond motifs is 1. The van der Waals surface area contributed by atoms with Gasteiger partial charge in [0, 0.05) is 13.0 Å². The lowest BCUT2D eigenvalue weighted by molar-refractivity contribution is -0.140. The molecule has 0 N–H and O–H groups in total. The summed E-state index contributed by atoms with van der Waals surface area (Å²) in [5.41, 5.74) is 3.32. The summed E-state index contributed by atoms with van der Waals surface area (Å²) in [4.78, 5) is 43.5. The van der Waals surface area contributed by atoms with E-state index in [2.05, 4.69) is 4.98 Å². The molecule has 0 aliphatic carbocycles. The first-order chi connectivity index (χ1) is 14.0. The number of benzene rings is 2. The number of hydrogen-bond donors (Lipinski definition) is 0. The van der Waals surface area contributed by atoms with E-state index in [1.165, 1.54) is 16.7 Å². The Hall–Kier alpha value is -2.93. The van der Waals surface area contributed by atoms with Gasteiger partial charge in [-0.25, -0.2) is 4.98 Å². The predicted octanol–water partition coefficient (Wildman–Crippen LogP) is 3.24. The van der Waals surface area contributed by atoms with Crippen molar-refractivity contribution in [3.8, 4) is 5.69 Å². The summed E-state index contributed by atoms with van der Waals surface area (Å²) in [5, 5.41) is 0.966. The Morgan fingerprint density at radius 2 is 1.90 bits per heavy atom. The first kappa shape index (κ1) is 19.4. The topological polar surface area (TPSA) is 72.3 Å². The van der Waals surface area contributed by atoms with Crippen molar-refractivity contribution in [2.24, 2.45) is 0 Å². The molecular weight excluding hydrogens is 386 g/mol. The molecule has 0 radical (unpaired) electrons. The standard InChI is InChI=1S/C22H21N3O3S/c1-14-9-10-16(12-15(14)2)25-21(28)17-6-3-4-7-18(17)23-22(25)29-13-20(27)24-11-5-8-19(24)26/h3-4,6-7,9-10,12H,5,8,11,13H2,1-2H3. The third-order valence-electron chi connectivity index (χ3n) is 5.19. The van der Waals surface area contributed by atoms with Gasteiger partial charge in [-0.1, -0.05) is 30.0 Å². The van der Waals surface area contributed by atoms with Crippen LogP contribution in [0.4, 0.5) is 0 Å². The lowest BCUT2D eigenvalue weighted by Gasteiger charge is -2.16. The van der Waals surface area contributed by atoms with Gasteiger partial charge in [-0.05, 0) is 55.7 Å². The summed E-state index contributed by atoms with van der Waals surface area (Å²) in [6, 6.07) is 13.0. The number of hydrogen-bond acceptors (Lipinski definition) is 5. The summed E-state index contributed by atoms with van der Waals surface area (Å²) in [6.07, 6.45) is 1.12. The molecule has 1 aliphatic heterocycles. The molecule has 7 heteroatoms. The molecule has 0 atom stereocenters. The van der Waals surface area contributed by atoms with Gasteiger partial charge in [0.2, 0.25) is 11.8 Å². The van der Waals surface area contributed by atoms with Crippen LogP contribution < -0.4 is 5.56 Å². The Morgan fingerprint density at radius 3 is 2.62 bits per heavy atom. The number of nitrogens with zero attached hydrogens (tertiary/aromatic N) is 3. The van der Waals surface area contributed by atoms with Gasteiger partial charge in [0.05, 0.1) is 22.3 Å². The summed E-state index contributed by atoms with van der Waals surface area (Å²) in [7, 11) is 0. The molecule has 2 aromatic carbocycles. The van der Waals surface area contributed by atoms with Crippen LogP contribution in [0.3, 0.4) is 0 Å². The van der Waals surface area contributed by atoms with E-state index in [0.29, 0.717) is 41.1 Å². The monoisotopic (exact) mass is 407 g/mol. The van der Waals surface area contributed by atoms with Gasteiger partial charge < -0.3 is 0 Å². The van der Waals surface area contributed by atoms with Crippen LogP contribution in [-0.4, -0.2) is 38.6 Å². The number of thioether (sulfide) groups is 1. The molecule has 148 valence electrons. The Bertz CT molecular complexity index is 1190. The third kappa shape index (κ3) is 3.70. The number of aryl methyl sites for hydroxylation is 2. The van der Waals surface area contributed by atoms with Crippen LogP contribution in [0.25, 0.3) is 16.6 Å². The largest absolute Gasteiger partial charge is 0.282 e. The fraction of sp³-hybridized carbons (Fsp3) is 0.273. The number of para-hydroxylation sites is 1. The van der Waals surface area contributed by atoms with Crippen LogP contribution in [0.2, 0.25) is 0 Å². The molecule has 0 spiro atoms. The molecule has 1 aliphatic rings. The van der Waals surface area contributed by atoms with E-state index in [9.17, 15) is 14.4 Å². The van der Waals surface area contributed by atoms with Gasteiger partial charge in [0.25, 0.3) is 5.56 Å². The lowest BCUT2D eigenvalue weighted by atomic mass is 10.1. The van der Waals surface area contributed by atoms with Crippen molar-refractivity contribution < 1.29 is 9.59 Å². The quantitative estimate of drug-likeness (QED) is 0.490. The highest BCUT2D eigenvalue weighted by atomic mass is 32.2. The Balaban J connectivity index is 1.77. The van der Waals surface area contributed by atoms with Crippen molar-refractivity contribution in [2.45, 2.75) is 31.8 Å². The Kier molecular flexibility index (Phi) is 5.24. The predicted molar refractivity (Wildman–Crippen MR) is 113 cm³/mol. The lowest BCUT2D eigenvalue weighted by Crippen LogP contribution is -2.33. The summed E-state index contributed by atoms with van der Waals surface area (Å²) in [5.74, 6) is -0.318. The van der Waals surface area contributed by atoms with Crippen molar-refractivity contribution in [3.05, 3.63) is 63.9 Å².